The van der Waals surface area contributed by atoms with Crippen LogP contribution in [-0.2, 0) is 0 Å². The molecule has 0 heterocycles. The van der Waals surface area contributed by atoms with Crippen molar-refractivity contribution < 1.29 is 4.39 Å². The first-order valence-electron chi connectivity index (χ1n) is 3.99. The van der Waals surface area contributed by atoms with Gasteiger partial charge in [-0.15, -0.1) is 0 Å². The predicted molar refractivity (Wildman–Crippen MR) is 55.0 cm³/mol. The molecule has 0 amide bonds. The van der Waals surface area contributed by atoms with Gasteiger partial charge in [0.05, 0.1) is 0 Å². The highest BCUT2D eigenvalue weighted by Gasteiger charge is 2.02. The molecule has 0 aromatic rings. The fraction of sp³-hybridized carbons (Fsp3) is 0.400. The molecule has 0 saturated carbocycles. The van der Waals surface area contributed by atoms with Crippen LogP contribution in [0.2, 0.25) is 0 Å². The summed E-state index contributed by atoms with van der Waals surface area (Å²) in [6, 6.07) is 0. The Balaban J connectivity index is 0. The van der Waals surface area contributed by atoms with Crippen LogP contribution in [0.3, 0.4) is 0 Å². The van der Waals surface area contributed by atoms with Crippen LogP contribution in [0.4, 0.5) is 4.39 Å². The Morgan fingerprint density at radius 2 is 1.92 bits per heavy atom. The van der Waals surface area contributed by atoms with Crippen molar-refractivity contribution >= 4 is 11.6 Å². The maximum Gasteiger partial charge on any atom is 0.120 e. The van der Waals surface area contributed by atoms with Crippen LogP contribution < -0.4 is 0 Å². The average Bonchev–Trinajstić information content (AvgIpc) is 2.08. The molecular formula is C10H16ClF. The minimum Gasteiger partial charge on any atom is -0.207 e. The zero-order valence-corrected chi connectivity index (χ0v) is 8.71. The quantitative estimate of drug-likeness (QED) is 0.572. The minimum atomic E-state index is -0.479. The van der Waals surface area contributed by atoms with Crippen molar-refractivity contribution in [3.63, 3.8) is 0 Å². The molecule has 0 rings (SSSR count). The molecule has 0 N–H and O–H groups in total. The molecule has 0 atom stereocenters. The van der Waals surface area contributed by atoms with Crippen LogP contribution in [0.5, 0.6) is 0 Å². The summed E-state index contributed by atoms with van der Waals surface area (Å²) < 4.78 is 12.4. The van der Waals surface area contributed by atoms with Crippen LogP contribution in [0.1, 0.15) is 27.2 Å². The molecule has 2 heteroatoms. The Bertz CT molecular complexity index is 180. The fourth-order valence-electron chi connectivity index (χ4n) is 0.613. The van der Waals surface area contributed by atoms with Gasteiger partial charge >= 0.3 is 0 Å². The van der Waals surface area contributed by atoms with Crippen LogP contribution in [0, 0.1) is 0 Å². The van der Waals surface area contributed by atoms with Crippen LogP contribution in [0.25, 0.3) is 0 Å². The second-order valence-corrected chi connectivity index (χ2v) is 2.20. The van der Waals surface area contributed by atoms with Crippen molar-refractivity contribution in [1.82, 2.24) is 0 Å². The first kappa shape index (κ1) is 14.0. The third-order valence-electron chi connectivity index (χ3n) is 1.15. The molecule has 12 heavy (non-hydrogen) atoms. The summed E-state index contributed by atoms with van der Waals surface area (Å²) in [7, 11) is 0. The molecule has 0 aliphatic rings. The SMILES string of the molecule is C=C/C(Cl)=C(/CC)C(=C)F.CC. The molecule has 0 aliphatic heterocycles. The van der Waals surface area contributed by atoms with Gasteiger partial charge in [-0.05, 0) is 6.42 Å². The molecule has 0 unspecified atom stereocenters. The van der Waals surface area contributed by atoms with Gasteiger partial charge < -0.3 is 0 Å². The summed E-state index contributed by atoms with van der Waals surface area (Å²) in [5.41, 5.74) is 0.427. The molecule has 0 spiro atoms. The van der Waals surface area contributed by atoms with Crippen LogP contribution in [-0.4, -0.2) is 0 Å². The Labute approximate surface area is 79.4 Å². The highest BCUT2D eigenvalue weighted by atomic mass is 35.5. The molecule has 70 valence electrons. The number of halogens is 2. The number of hydrogen-bond acceptors (Lipinski definition) is 0. The first-order valence-corrected chi connectivity index (χ1v) is 4.37. The van der Waals surface area contributed by atoms with Gasteiger partial charge in [-0.1, -0.05) is 51.6 Å². The summed E-state index contributed by atoms with van der Waals surface area (Å²) in [4.78, 5) is 0. The van der Waals surface area contributed by atoms with E-state index in [1.165, 1.54) is 6.08 Å². The van der Waals surface area contributed by atoms with E-state index in [0.717, 1.165) is 0 Å². The fourth-order valence-corrected chi connectivity index (χ4v) is 0.850. The van der Waals surface area contributed by atoms with Crippen molar-refractivity contribution in [1.29, 1.82) is 0 Å². The second kappa shape index (κ2) is 8.54. The summed E-state index contributed by atoms with van der Waals surface area (Å²) >= 11 is 5.59. The standard InChI is InChI=1S/C8H10ClF.C2H6/c1-4-7(6(3)10)8(9)5-2;1-2/h5H,2-4H2,1H3;1-2H3/b8-7+;. The lowest BCUT2D eigenvalue weighted by molar-refractivity contribution is 0.646. The Kier molecular flexibility index (Phi) is 9.95. The third kappa shape index (κ3) is 5.14. The smallest absolute Gasteiger partial charge is 0.120 e. The van der Waals surface area contributed by atoms with E-state index in [1.807, 2.05) is 20.8 Å². The molecule has 0 aromatic heterocycles. The molecule has 0 fully saturated rings. The van der Waals surface area contributed by atoms with Gasteiger partial charge in [-0.25, -0.2) is 4.39 Å². The van der Waals surface area contributed by atoms with E-state index in [4.69, 9.17) is 11.6 Å². The van der Waals surface area contributed by atoms with E-state index in [1.54, 1.807) is 0 Å². The Hall–Kier alpha value is -0.560. The van der Waals surface area contributed by atoms with Crippen LogP contribution in [0.15, 0.2) is 35.7 Å². The number of hydrogen-bond donors (Lipinski definition) is 0. The van der Waals surface area contributed by atoms with E-state index in [9.17, 15) is 4.39 Å². The first-order chi connectivity index (χ1) is 5.63. The number of rotatable bonds is 3. The predicted octanol–water partition coefficient (Wildman–Crippen LogP) is 4.58. The zero-order valence-electron chi connectivity index (χ0n) is 7.95. The lowest BCUT2D eigenvalue weighted by atomic mass is 10.2. The normalized spacial score (nSPS) is 10.8. The van der Waals surface area contributed by atoms with E-state index >= 15 is 0 Å². The largest absolute Gasteiger partial charge is 0.207 e. The van der Waals surface area contributed by atoms with Gasteiger partial charge in [0, 0.05) is 10.6 Å². The third-order valence-corrected chi connectivity index (χ3v) is 1.53. The van der Waals surface area contributed by atoms with Gasteiger partial charge in [0.2, 0.25) is 0 Å². The molecule has 0 radical (unpaired) electrons. The van der Waals surface area contributed by atoms with Gasteiger partial charge in [-0.2, -0.15) is 0 Å². The average molecular weight is 191 g/mol. The van der Waals surface area contributed by atoms with E-state index < -0.39 is 5.83 Å². The minimum absolute atomic E-state index is 0.343. The summed E-state index contributed by atoms with van der Waals surface area (Å²) in [5, 5.41) is 0.343. The molecular weight excluding hydrogens is 175 g/mol. The lowest BCUT2D eigenvalue weighted by Gasteiger charge is -1.99. The van der Waals surface area contributed by atoms with Gasteiger partial charge in [-0.3, -0.25) is 0 Å². The van der Waals surface area contributed by atoms with Crippen molar-refractivity contribution in [2.24, 2.45) is 0 Å². The number of allylic oxidation sites excluding steroid dienone is 4. The lowest BCUT2D eigenvalue weighted by Crippen LogP contribution is -1.82. The van der Waals surface area contributed by atoms with E-state index in [2.05, 4.69) is 13.2 Å². The summed E-state index contributed by atoms with van der Waals surface area (Å²) in [6.07, 6.45) is 1.95. The summed E-state index contributed by atoms with van der Waals surface area (Å²) in [5.74, 6) is -0.479. The van der Waals surface area contributed by atoms with Crippen LogP contribution >= 0.6 is 11.6 Å². The molecule has 0 saturated heterocycles. The maximum atomic E-state index is 12.4. The van der Waals surface area contributed by atoms with Crippen molar-refractivity contribution in [3.05, 3.63) is 35.7 Å². The zero-order chi connectivity index (χ0) is 10.1. The summed E-state index contributed by atoms with van der Waals surface area (Å²) in [6.45, 7) is 12.4. The second-order valence-electron chi connectivity index (χ2n) is 1.79. The highest BCUT2D eigenvalue weighted by Crippen LogP contribution is 2.21. The Morgan fingerprint density at radius 1 is 1.50 bits per heavy atom. The van der Waals surface area contributed by atoms with Gasteiger partial charge in [0.15, 0.2) is 0 Å². The van der Waals surface area contributed by atoms with E-state index in [0.29, 0.717) is 17.0 Å². The highest BCUT2D eigenvalue weighted by molar-refractivity contribution is 6.31. The molecule has 0 aliphatic carbocycles. The van der Waals surface area contributed by atoms with Crippen molar-refractivity contribution in [3.8, 4) is 0 Å². The molecule has 0 bridgehead atoms. The molecule has 0 aromatic carbocycles. The Morgan fingerprint density at radius 3 is 2.00 bits per heavy atom. The van der Waals surface area contributed by atoms with Crippen molar-refractivity contribution in [2.45, 2.75) is 27.2 Å². The topological polar surface area (TPSA) is 0 Å². The van der Waals surface area contributed by atoms with Gasteiger partial charge in [0.25, 0.3) is 0 Å². The van der Waals surface area contributed by atoms with E-state index in [-0.39, 0.29) is 0 Å². The van der Waals surface area contributed by atoms with Crippen molar-refractivity contribution in [2.75, 3.05) is 0 Å². The molecule has 0 nitrogen and oxygen atoms in total. The maximum absolute atomic E-state index is 12.4. The monoisotopic (exact) mass is 190 g/mol. The van der Waals surface area contributed by atoms with Gasteiger partial charge in [0.1, 0.15) is 5.83 Å².